The zero-order valence-corrected chi connectivity index (χ0v) is 13.6. The lowest BCUT2D eigenvalue weighted by Gasteiger charge is -2.35. The predicted molar refractivity (Wildman–Crippen MR) is 77.5 cm³/mol. The van der Waals surface area contributed by atoms with Gasteiger partial charge >= 0.3 is 5.97 Å². The van der Waals surface area contributed by atoms with E-state index in [4.69, 9.17) is 4.74 Å². The molecule has 0 aliphatic heterocycles. The van der Waals surface area contributed by atoms with Gasteiger partial charge in [0.2, 0.25) is 0 Å². The molecule has 2 unspecified atom stereocenters. The molecule has 108 valence electrons. The van der Waals surface area contributed by atoms with Crippen LogP contribution in [0.4, 0.5) is 0 Å². The first-order valence-corrected chi connectivity index (χ1v) is 7.21. The fourth-order valence-electron chi connectivity index (χ4n) is 1.95. The molecule has 0 aliphatic carbocycles. The van der Waals surface area contributed by atoms with Gasteiger partial charge in [-0.05, 0) is 37.5 Å². The monoisotopic (exact) mass is 256 g/mol. The van der Waals surface area contributed by atoms with Gasteiger partial charge in [-0.15, -0.1) is 0 Å². The molecule has 2 heteroatoms. The van der Waals surface area contributed by atoms with Crippen LogP contribution in [0.25, 0.3) is 0 Å². The second kappa shape index (κ2) is 6.58. The number of carbonyl (C=O) groups excluding carboxylic acids is 1. The summed E-state index contributed by atoms with van der Waals surface area (Å²) < 4.78 is 5.68. The van der Waals surface area contributed by atoms with E-state index in [1.165, 1.54) is 0 Å². The summed E-state index contributed by atoms with van der Waals surface area (Å²) in [7, 11) is 0. The summed E-state index contributed by atoms with van der Waals surface area (Å²) in [6.07, 6.45) is 2.50. The zero-order valence-electron chi connectivity index (χ0n) is 13.6. The number of hydrogen-bond acceptors (Lipinski definition) is 2. The van der Waals surface area contributed by atoms with Crippen molar-refractivity contribution in [3.05, 3.63) is 0 Å². The van der Waals surface area contributed by atoms with Gasteiger partial charge in [0.15, 0.2) is 0 Å². The normalized spacial score (nSPS) is 16.2. The van der Waals surface area contributed by atoms with Gasteiger partial charge in [0, 0.05) is 6.42 Å². The molecular formula is C16H32O2. The molecule has 0 N–H and O–H groups in total. The minimum atomic E-state index is -0.371. The summed E-state index contributed by atoms with van der Waals surface area (Å²) in [6.45, 7) is 17.1. The number of ether oxygens (including phenoxy) is 1. The van der Waals surface area contributed by atoms with Gasteiger partial charge < -0.3 is 4.74 Å². The van der Waals surface area contributed by atoms with Gasteiger partial charge in [-0.3, -0.25) is 4.79 Å². The van der Waals surface area contributed by atoms with E-state index in [2.05, 4.69) is 41.5 Å². The van der Waals surface area contributed by atoms with Gasteiger partial charge in [-0.2, -0.15) is 0 Å². The van der Waals surface area contributed by atoms with Crippen LogP contribution in [0, 0.1) is 17.3 Å². The van der Waals surface area contributed by atoms with Crippen molar-refractivity contribution in [3.8, 4) is 0 Å². The van der Waals surface area contributed by atoms with E-state index in [-0.39, 0.29) is 17.0 Å². The van der Waals surface area contributed by atoms with E-state index >= 15 is 0 Å². The number of esters is 1. The quantitative estimate of drug-likeness (QED) is 0.637. The average molecular weight is 256 g/mol. The first-order valence-electron chi connectivity index (χ1n) is 7.21. The third kappa shape index (κ3) is 6.42. The zero-order chi connectivity index (χ0) is 14.6. The molecule has 2 nitrogen and oxygen atoms in total. The number of carbonyl (C=O) groups is 1. The second-order valence-electron chi connectivity index (χ2n) is 7.31. The van der Waals surface area contributed by atoms with Gasteiger partial charge in [0.1, 0.15) is 5.60 Å². The third-order valence-electron chi connectivity index (χ3n) is 4.05. The Bertz CT molecular complexity index is 261. The minimum absolute atomic E-state index is 0.0647. The van der Waals surface area contributed by atoms with Crippen molar-refractivity contribution >= 4 is 5.97 Å². The molecule has 0 aromatic carbocycles. The molecule has 0 fully saturated rings. The van der Waals surface area contributed by atoms with E-state index in [0.29, 0.717) is 18.3 Å². The molecule has 0 amide bonds. The van der Waals surface area contributed by atoms with Gasteiger partial charge in [0.05, 0.1) is 0 Å². The van der Waals surface area contributed by atoms with Crippen molar-refractivity contribution in [2.75, 3.05) is 0 Å². The molecule has 0 saturated carbocycles. The van der Waals surface area contributed by atoms with Crippen LogP contribution in [-0.2, 0) is 9.53 Å². The lowest BCUT2D eigenvalue weighted by Crippen LogP contribution is -2.38. The number of hydrogen-bond donors (Lipinski definition) is 0. The van der Waals surface area contributed by atoms with Crippen molar-refractivity contribution < 1.29 is 9.53 Å². The Morgan fingerprint density at radius 3 is 2.00 bits per heavy atom. The highest BCUT2D eigenvalue weighted by Crippen LogP contribution is 2.30. The molecule has 0 spiro atoms. The maximum absolute atomic E-state index is 11.9. The first kappa shape index (κ1) is 17.5. The Hall–Kier alpha value is -0.530. The van der Waals surface area contributed by atoms with Crippen LogP contribution in [0.15, 0.2) is 0 Å². The van der Waals surface area contributed by atoms with E-state index in [0.717, 1.165) is 12.8 Å². The third-order valence-corrected chi connectivity index (χ3v) is 4.05. The number of rotatable bonds is 6. The highest BCUT2D eigenvalue weighted by Gasteiger charge is 2.33. The van der Waals surface area contributed by atoms with Crippen molar-refractivity contribution in [2.24, 2.45) is 17.3 Å². The fourth-order valence-corrected chi connectivity index (χ4v) is 1.95. The Balaban J connectivity index is 4.35. The van der Waals surface area contributed by atoms with Crippen LogP contribution < -0.4 is 0 Å². The van der Waals surface area contributed by atoms with E-state index in [9.17, 15) is 4.79 Å². The Morgan fingerprint density at radius 1 is 1.11 bits per heavy atom. The Labute approximate surface area is 113 Å². The first-order chi connectivity index (χ1) is 7.99. The maximum Gasteiger partial charge on any atom is 0.306 e. The smallest absolute Gasteiger partial charge is 0.306 e. The van der Waals surface area contributed by atoms with Crippen LogP contribution in [0.1, 0.15) is 74.7 Å². The summed E-state index contributed by atoms with van der Waals surface area (Å²) in [5, 5.41) is 0. The highest BCUT2D eigenvalue weighted by molar-refractivity contribution is 5.69. The van der Waals surface area contributed by atoms with Crippen molar-refractivity contribution in [3.63, 3.8) is 0 Å². The second-order valence-corrected chi connectivity index (χ2v) is 7.31. The van der Waals surface area contributed by atoms with E-state index in [1.807, 2.05) is 13.8 Å². The molecule has 2 atom stereocenters. The topological polar surface area (TPSA) is 26.3 Å². The lowest BCUT2D eigenvalue weighted by atomic mass is 9.81. The molecule has 0 rings (SSSR count). The molecule has 0 aliphatic rings. The Morgan fingerprint density at radius 2 is 1.61 bits per heavy atom. The molecule has 0 bridgehead atoms. The van der Waals surface area contributed by atoms with Crippen LogP contribution in [0.5, 0.6) is 0 Å². The lowest BCUT2D eigenvalue weighted by molar-refractivity contribution is -0.163. The molecule has 0 aromatic rings. The average Bonchev–Trinajstić information content (AvgIpc) is 2.22. The van der Waals surface area contributed by atoms with Crippen molar-refractivity contribution in [1.29, 1.82) is 0 Å². The van der Waals surface area contributed by atoms with Crippen LogP contribution in [0.3, 0.4) is 0 Å². The SMILES string of the molecule is CCC(C)C(C)C(C)(C)OC(=O)CCC(C)(C)C. The molecule has 18 heavy (non-hydrogen) atoms. The summed E-state index contributed by atoms with van der Waals surface area (Å²) in [4.78, 5) is 11.9. The molecule has 0 radical (unpaired) electrons. The molecule has 0 aromatic heterocycles. The van der Waals surface area contributed by atoms with Crippen molar-refractivity contribution in [1.82, 2.24) is 0 Å². The summed E-state index contributed by atoms with van der Waals surface area (Å²) in [5.41, 5.74) is -0.185. The van der Waals surface area contributed by atoms with Crippen molar-refractivity contribution in [2.45, 2.75) is 80.3 Å². The van der Waals surface area contributed by atoms with Gasteiger partial charge in [-0.25, -0.2) is 0 Å². The van der Waals surface area contributed by atoms with Gasteiger partial charge in [0.25, 0.3) is 0 Å². The fraction of sp³-hybridized carbons (Fsp3) is 0.938. The standard InChI is InChI=1S/C16H32O2/c1-9-12(2)13(3)16(7,8)18-14(17)10-11-15(4,5)6/h12-13H,9-11H2,1-8H3. The summed E-state index contributed by atoms with van der Waals surface area (Å²) >= 11 is 0. The molecule has 0 saturated heterocycles. The molecular weight excluding hydrogens is 224 g/mol. The summed E-state index contributed by atoms with van der Waals surface area (Å²) in [6, 6.07) is 0. The predicted octanol–water partition coefficient (Wildman–Crippen LogP) is 4.82. The van der Waals surface area contributed by atoms with Crippen LogP contribution >= 0.6 is 0 Å². The van der Waals surface area contributed by atoms with E-state index in [1.54, 1.807) is 0 Å². The Kier molecular flexibility index (Phi) is 6.39. The van der Waals surface area contributed by atoms with Crippen LogP contribution in [0.2, 0.25) is 0 Å². The summed E-state index contributed by atoms with van der Waals surface area (Å²) in [5.74, 6) is 0.876. The maximum atomic E-state index is 11.9. The minimum Gasteiger partial charge on any atom is -0.459 e. The largest absolute Gasteiger partial charge is 0.459 e. The van der Waals surface area contributed by atoms with Crippen LogP contribution in [-0.4, -0.2) is 11.6 Å². The molecule has 0 heterocycles. The highest BCUT2D eigenvalue weighted by atomic mass is 16.6. The van der Waals surface area contributed by atoms with E-state index < -0.39 is 0 Å². The van der Waals surface area contributed by atoms with Gasteiger partial charge in [-0.1, -0.05) is 48.0 Å².